The van der Waals surface area contributed by atoms with Crippen LogP contribution in [0.2, 0.25) is 5.02 Å². The summed E-state index contributed by atoms with van der Waals surface area (Å²) in [7, 11) is 0. The van der Waals surface area contributed by atoms with Gasteiger partial charge in [0.25, 0.3) is 0 Å². The lowest BCUT2D eigenvalue weighted by atomic mass is 10.1. The number of anilines is 1. The Morgan fingerprint density at radius 3 is 2.90 bits per heavy atom. The molecule has 3 aromatic rings. The van der Waals surface area contributed by atoms with E-state index < -0.39 is 0 Å². The van der Waals surface area contributed by atoms with Crippen LogP contribution in [0.1, 0.15) is 33.1 Å². The minimum Gasteiger partial charge on any atom is -0.367 e. The molecule has 0 radical (unpaired) electrons. The fraction of sp³-hybridized carbons (Fsp3) is 0.409. The predicted octanol–water partition coefficient (Wildman–Crippen LogP) is 4.50. The predicted molar refractivity (Wildman–Crippen MR) is 116 cm³/mol. The Bertz CT molecular complexity index is 1020. The van der Waals surface area contributed by atoms with E-state index in [-0.39, 0.29) is 11.9 Å². The van der Waals surface area contributed by atoms with Crippen molar-refractivity contribution in [2.75, 3.05) is 18.4 Å². The molecule has 7 heteroatoms. The number of likely N-dealkylation sites (tertiary alicyclic amines) is 1. The number of carbonyl (C=O) groups excluding carboxylic acids is 1. The summed E-state index contributed by atoms with van der Waals surface area (Å²) in [4.78, 5) is 19.0. The average molecular weight is 412 g/mol. The quantitative estimate of drug-likeness (QED) is 0.648. The van der Waals surface area contributed by atoms with Gasteiger partial charge in [-0.15, -0.1) is 5.10 Å². The first kappa shape index (κ1) is 19.7. The molecular weight excluding hydrogens is 386 g/mol. The van der Waals surface area contributed by atoms with Crippen LogP contribution in [0, 0.1) is 5.92 Å². The number of benzene rings is 1. The second-order valence-electron chi connectivity index (χ2n) is 7.97. The molecule has 3 heterocycles. The SMILES string of the molecule is CC(C)CC(=O)N1CCC[C@H]1CNc1ccc2ncc(-c3ccccc3Cl)n2n1. The van der Waals surface area contributed by atoms with Crippen LogP contribution in [-0.4, -0.2) is 44.5 Å². The third-order valence-electron chi connectivity index (χ3n) is 5.31. The van der Waals surface area contributed by atoms with Gasteiger partial charge < -0.3 is 10.2 Å². The van der Waals surface area contributed by atoms with Crippen LogP contribution in [0.25, 0.3) is 16.9 Å². The van der Waals surface area contributed by atoms with Crippen molar-refractivity contribution in [3.8, 4) is 11.3 Å². The Hall–Kier alpha value is -2.60. The van der Waals surface area contributed by atoms with Crippen LogP contribution in [-0.2, 0) is 4.79 Å². The molecule has 1 atom stereocenters. The van der Waals surface area contributed by atoms with Gasteiger partial charge in [0.2, 0.25) is 5.91 Å². The van der Waals surface area contributed by atoms with Crippen molar-refractivity contribution < 1.29 is 4.79 Å². The van der Waals surface area contributed by atoms with E-state index in [0.717, 1.165) is 42.1 Å². The first-order chi connectivity index (χ1) is 14.0. The second kappa shape index (κ2) is 8.41. The highest BCUT2D eigenvalue weighted by Crippen LogP contribution is 2.28. The maximum atomic E-state index is 12.5. The van der Waals surface area contributed by atoms with Crippen molar-refractivity contribution in [3.05, 3.63) is 47.6 Å². The average Bonchev–Trinajstić information content (AvgIpc) is 3.33. The van der Waals surface area contributed by atoms with Crippen LogP contribution in [0.4, 0.5) is 5.82 Å². The largest absolute Gasteiger partial charge is 0.367 e. The van der Waals surface area contributed by atoms with E-state index in [1.807, 2.05) is 41.3 Å². The molecular formula is C22H26ClN5O. The molecule has 0 bridgehead atoms. The lowest BCUT2D eigenvalue weighted by molar-refractivity contribution is -0.132. The molecule has 1 aromatic carbocycles. The Morgan fingerprint density at radius 2 is 2.10 bits per heavy atom. The Balaban J connectivity index is 1.51. The number of amides is 1. The van der Waals surface area contributed by atoms with Gasteiger partial charge in [-0.25, -0.2) is 9.50 Å². The highest BCUT2D eigenvalue weighted by molar-refractivity contribution is 6.33. The van der Waals surface area contributed by atoms with E-state index in [2.05, 4.69) is 24.1 Å². The maximum absolute atomic E-state index is 12.5. The van der Waals surface area contributed by atoms with Crippen LogP contribution in [0.5, 0.6) is 0 Å². The fourth-order valence-electron chi connectivity index (χ4n) is 3.89. The van der Waals surface area contributed by atoms with E-state index in [9.17, 15) is 4.79 Å². The molecule has 1 N–H and O–H groups in total. The van der Waals surface area contributed by atoms with Crippen molar-refractivity contribution in [1.29, 1.82) is 0 Å². The van der Waals surface area contributed by atoms with Crippen LogP contribution >= 0.6 is 11.6 Å². The molecule has 152 valence electrons. The molecule has 1 saturated heterocycles. The van der Waals surface area contributed by atoms with E-state index in [4.69, 9.17) is 16.7 Å². The molecule has 1 amide bonds. The van der Waals surface area contributed by atoms with Gasteiger partial charge in [-0.05, 0) is 37.0 Å². The number of rotatable bonds is 6. The van der Waals surface area contributed by atoms with Gasteiger partial charge in [-0.1, -0.05) is 43.6 Å². The molecule has 2 aromatic heterocycles. The van der Waals surface area contributed by atoms with E-state index in [1.165, 1.54) is 0 Å². The topological polar surface area (TPSA) is 62.5 Å². The number of fused-ring (bicyclic) bond motifs is 1. The number of aromatic nitrogens is 3. The molecule has 0 aliphatic carbocycles. The van der Waals surface area contributed by atoms with Crippen molar-refractivity contribution in [2.24, 2.45) is 5.92 Å². The summed E-state index contributed by atoms with van der Waals surface area (Å²) in [6.45, 7) is 5.71. The Labute approximate surface area is 175 Å². The zero-order chi connectivity index (χ0) is 20.4. The molecule has 6 nitrogen and oxygen atoms in total. The molecule has 0 saturated carbocycles. The summed E-state index contributed by atoms with van der Waals surface area (Å²) in [6, 6.07) is 11.8. The molecule has 1 aliphatic rings. The number of halogens is 1. The van der Waals surface area contributed by atoms with E-state index in [0.29, 0.717) is 23.9 Å². The van der Waals surface area contributed by atoms with Gasteiger partial charge >= 0.3 is 0 Å². The smallest absolute Gasteiger partial charge is 0.223 e. The number of hydrogen-bond donors (Lipinski definition) is 1. The number of nitrogens with one attached hydrogen (secondary N) is 1. The van der Waals surface area contributed by atoms with Gasteiger partial charge in [0.1, 0.15) is 5.82 Å². The van der Waals surface area contributed by atoms with Gasteiger partial charge in [-0.2, -0.15) is 0 Å². The molecule has 29 heavy (non-hydrogen) atoms. The molecule has 0 unspecified atom stereocenters. The zero-order valence-corrected chi connectivity index (χ0v) is 17.6. The fourth-order valence-corrected chi connectivity index (χ4v) is 4.12. The van der Waals surface area contributed by atoms with E-state index >= 15 is 0 Å². The van der Waals surface area contributed by atoms with Crippen molar-refractivity contribution >= 4 is 29.0 Å². The van der Waals surface area contributed by atoms with Gasteiger partial charge in [0.15, 0.2) is 5.65 Å². The molecule has 0 spiro atoms. The van der Waals surface area contributed by atoms with Crippen LogP contribution in [0.15, 0.2) is 42.6 Å². The van der Waals surface area contributed by atoms with E-state index in [1.54, 1.807) is 10.7 Å². The number of hydrogen-bond acceptors (Lipinski definition) is 4. The van der Waals surface area contributed by atoms with Crippen LogP contribution < -0.4 is 5.32 Å². The maximum Gasteiger partial charge on any atom is 0.223 e. The highest BCUT2D eigenvalue weighted by atomic mass is 35.5. The number of nitrogens with zero attached hydrogens (tertiary/aromatic N) is 4. The second-order valence-corrected chi connectivity index (χ2v) is 8.38. The van der Waals surface area contributed by atoms with Gasteiger partial charge in [0, 0.05) is 31.1 Å². The summed E-state index contributed by atoms with van der Waals surface area (Å²) in [5.41, 5.74) is 2.51. The monoisotopic (exact) mass is 411 g/mol. The summed E-state index contributed by atoms with van der Waals surface area (Å²) < 4.78 is 1.81. The number of carbonyl (C=O) groups is 1. The molecule has 1 aliphatic heterocycles. The standard InChI is InChI=1S/C22H26ClN5O/c1-15(2)12-22(29)27-11-5-6-16(27)13-24-20-9-10-21-25-14-19(28(21)26-20)17-7-3-4-8-18(17)23/h3-4,7-10,14-16H,5-6,11-13H2,1-2H3,(H,24,26)/t16-/m0/s1. The molecule has 4 rings (SSSR count). The third kappa shape index (κ3) is 4.22. The first-order valence-electron chi connectivity index (χ1n) is 10.2. The van der Waals surface area contributed by atoms with Crippen molar-refractivity contribution in [2.45, 2.75) is 39.2 Å². The Morgan fingerprint density at radius 1 is 1.28 bits per heavy atom. The van der Waals surface area contributed by atoms with Crippen molar-refractivity contribution in [1.82, 2.24) is 19.5 Å². The van der Waals surface area contributed by atoms with Crippen LogP contribution in [0.3, 0.4) is 0 Å². The summed E-state index contributed by atoms with van der Waals surface area (Å²) in [5.74, 6) is 1.39. The normalized spacial score (nSPS) is 16.7. The van der Waals surface area contributed by atoms with Gasteiger partial charge in [-0.3, -0.25) is 4.79 Å². The molecule has 1 fully saturated rings. The minimum atomic E-state index is 0.213. The lowest BCUT2D eigenvalue weighted by Gasteiger charge is -2.26. The lowest BCUT2D eigenvalue weighted by Crippen LogP contribution is -2.40. The minimum absolute atomic E-state index is 0.213. The zero-order valence-electron chi connectivity index (χ0n) is 16.8. The third-order valence-corrected chi connectivity index (χ3v) is 5.64. The Kier molecular flexibility index (Phi) is 5.72. The summed E-state index contributed by atoms with van der Waals surface area (Å²) in [5, 5.41) is 8.79. The highest BCUT2D eigenvalue weighted by Gasteiger charge is 2.28. The number of imidazole rings is 1. The first-order valence-corrected chi connectivity index (χ1v) is 10.5. The summed E-state index contributed by atoms with van der Waals surface area (Å²) in [6.07, 6.45) is 4.48. The van der Waals surface area contributed by atoms with Crippen molar-refractivity contribution in [3.63, 3.8) is 0 Å². The summed E-state index contributed by atoms with van der Waals surface area (Å²) >= 11 is 6.36. The van der Waals surface area contributed by atoms with Gasteiger partial charge in [0.05, 0.1) is 16.9 Å².